The van der Waals surface area contributed by atoms with E-state index in [9.17, 15) is 0 Å². The SMILES string of the molecule is CCCC(Cc1c(C)cc(C(C)(C)C)cc1C)NN. The highest BCUT2D eigenvalue weighted by Gasteiger charge is 2.17. The second-order valence-electron chi connectivity index (χ2n) is 6.69. The van der Waals surface area contributed by atoms with Gasteiger partial charge in [-0.2, -0.15) is 0 Å². The van der Waals surface area contributed by atoms with Gasteiger partial charge in [-0.05, 0) is 54.4 Å². The summed E-state index contributed by atoms with van der Waals surface area (Å²) in [5.74, 6) is 5.66. The van der Waals surface area contributed by atoms with Crippen molar-refractivity contribution in [2.75, 3.05) is 0 Å². The molecule has 1 rings (SSSR count). The van der Waals surface area contributed by atoms with E-state index in [0.29, 0.717) is 6.04 Å². The van der Waals surface area contributed by atoms with Crippen LogP contribution in [0.4, 0.5) is 0 Å². The van der Waals surface area contributed by atoms with Gasteiger partial charge in [-0.3, -0.25) is 11.3 Å². The first kappa shape index (κ1) is 16.2. The van der Waals surface area contributed by atoms with Gasteiger partial charge in [0.15, 0.2) is 0 Å². The normalized spacial score (nSPS) is 13.6. The predicted molar refractivity (Wildman–Crippen MR) is 84.3 cm³/mol. The van der Waals surface area contributed by atoms with Crippen LogP contribution in [0.3, 0.4) is 0 Å². The number of hydrazine groups is 1. The topological polar surface area (TPSA) is 38.0 Å². The highest BCUT2D eigenvalue weighted by atomic mass is 15.2. The van der Waals surface area contributed by atoms with Crippen molar-refractivity contribution >= 4 is 0 Å². The highest BCUT2D eigenvalue weighted by molar-refractivity contribution is 5.40. The minimum Gasteiger partial charge on any atom is -0.271 e. The molecule has 108 valence electrons. The number of aryl methyl sites for hydroxylation is 2. The molecule has 0 bridgehead atoms. The third-order valence-corrected chi connectivity index (χ3v) is 3.89. The molecule has 0 saturated carbocycles. The smallest absolute Gasteiger partial charge is 0.0251 e. The van der Waals surface area contributed by atoms with Crippen LogP contribution in [0.15, 0.2) is 12.1 Å². The Morgan fingerprint density at radius 3 is 2.05 bits per heavy atom. The summed E-state index contributed by atoms with van der Waals surface area (Å²) < 4.78 is 0. The van der Waals surface area contributed by atoms with Gasteiger partial charge in [-0.25, -0.2) is 0 Å². The van der Waals surface area contributed by atoms with Crippen LogP contribution < -0.4 is 11.3 Å². The van der Waals surface area contributed by atoms with E-state index in [4.69, 9.17) is 5.84 Å². The maximum absolute atomic E-state index is 5.66. The van der Waals surface area contributed by atoms with Crippen molar-refractivity contribution < 1.29 is 0 Å². The minimum atomic E-state index is 0.211. The average molecular weight is 262 g/mol. The maximum Gasteiger partial charge on any atom is 0.0251 e. The van der Waals surface area contributed by atoms with Crippen LogP contribution in [0.1, 0.15) is 62.8 Å². The number of rotatable bonds is 5. The van der Waals surface area contributed by atoms with Crippen molar-refractivity contribution in [1.29, 1.82) is 0 Å². The number of nitrogens with one attached hydrogen (secondary N) is 1. The van der Waals surface area contributed by atoms with E-state index >= 15 is 0 Å². The molecule has 1 unspecified atom stereocenters. The van der Waals surface area contributed by atoms with Crippen molar-refractivity contribution in [1.82, 2.24) is 5.43 Å². The van der Waals surface area contributed by atoms with Gasteiger partial charge in [0.25, 0.3) is 0 Å². The van der Waals surface area contributed by atoms with Gasteiger partial charge < -0.3 is 0 Å². The van der Waals surface area contributed by atoms with E-state index in [1.165, 1.54) is 22.3 Å². The summed E-state index contributed by atoms with van der Waals surface area (Å²) in [5.41, 5.74) is 8.81. The van der Waals surface area contributed by atoms with Gasteiger partial charge in [0, 0.05) is 6.04 Å². The van der Waals surface area contributed by atoms with Crippen molar-refractivity contribution in [3.05, 3.63) is 34.4 Å². The Kier molecular flexibility index (Phi) is 5.57. The lowest BCUT2D eigenvalue weighted by Gasteiger charge is -2.24. The highest BCUT2D eigenvalue weighted by Crippen LogP contribution is 2.27. The molecule has 0 fully saturated rings. The van der Waals surface area contributed by atoms with Gasteiger partial charge in [-0.1, -0.05) is 46.2 Å². The molecule has 0 aliphatic heterocycles. The first-order valence-electron chi connectivity index (χ1n) is 7.36. The molecule has 1 aromatic rings. The fourth-order valence-corrected chi connectivity index (χ4v) is 2.59. The maximum atomic E-state index is 5.66. The van der Waals surface area contributed by atoms with Crippen LogP contribution in [0, 0.1) is 13.8 Å². The van der Waals surface area contributed by atoms with Crippen LogP contribution in [0.5, 0.6) is 0 Å². The van der Waals surface area contributed by atoms with Crippen LogP contribution in [0.25, 0.3) is 0 Å². The predicted octanol–water partition coefficient (Wildman–Crippen LogP) is 3.78. The van der Waals surface area contributed by atoms with Gasteiger partial charge in [0.05, 0.1) is 0 Å². The molecule has 2 heteroatoms. The quantitative estimate of drug-likeness (QED) is 0.626. The Morgan fingerprint density at radius 2 is 1.68 bits per heavy atom. The summed E-state index contributed by atoms with van der Waals surface area (Å²) in [5, 5.41) is 0. The summed E-state index contributed by atoms with van der Waals surface area (Å²) in [6, 6.07) is 5.05. The summed E-state index contributed by atoms with van der Waals surface area (Å²) in [7, 11) is 0. The Balaban J connectivity index is 3.03. The lowest BCUT2D eigenvalue weighted by Crippen LogP contribution is -2.37. The molecule has 0 amide bonds. The minimum absolute atomic E-state index is 0.211. The fraction of sp³-hybridized carbons (Fsp3) is 0.647. The van der Waals surface area contributed by atoms with Crippen LogP contribution in [-0.2, 0) is 11.8 Å². The van der Waals surface area contributed by atoms with Crippen LogP contribution >= 0.6 is 0 Å². The summed E-state index contributed by atoms with van der Waals surface area (Å²) in [6.07, 6.45) is 3.30. The van der Waals surface area contributed by atoms with E-state index in [0.717, 1.165) is 19.3 Å². The molecule has 0 radical (unpaired) electrons. The second-order valence-corrected chi connectivity index (χ2v) is 6.69. The van der Waals surface area contributed by atoms with E-state index < -0.39 is 0 Å². The lowest BCUT2D eigenvalue weighted by molar-refractivity contribution is 0.484. The van der Waals surface area contributed by atoms with Crippen LogP contribution in [0.2, 0.25) is 0 Å². The first-order valence-corrected chi connectivity index (χ1v) is 7.36. The van der Waals surface area contributed by atoms with Gasteiger partial charge in [-0.15, -0.1) is 0 Å². The van der Waals surface area contributed by atoms with Gasteiger partial charge >= 0.3 is 0 Å². The van der Waals surface area contributed by atoms with E-state index in [1.54, 1.807) is 0 Å². The summed E-state index contributed by atoms with van der Waals surface area (Å²) in [6.45, 7) is 13.4. The molecule has 0 aliphatic carbocycles. The van der Waals surface area contributed by atoms with Crippen molar-refractivity contribution in [2.24, 2.45) is 5.84 Å². The number of hydrogen-bond acceptors (Lipinski definition) is 2. The molecule has 0 aliphatic rings. The molecule has 1 atom stereocenters. The van der Waals surface area contributed by atoms with Gasteiger partial charge in [0.2, 0.25) is 0 Å². The molecule has 0 saturated heterocycles. The molecule has 1 aromatic carbocycles. The molecular weight excluding hydrogens is 232 g/mol. The molecule has 0 heterocycles. The lowest BCUT2D eigenvalue weighted by atomic mass is 9.83. The number of nitrogens with two attached hydrogens (primary N) is 1. The molecule has 0 aromatic heterocycles. The number of hydrogen-bond donors (Lipinski definition) is 2. The second kappa shape index (κ2) is 6.53. The zero-order chi connectivity index (χ0) is 14.6. The third-order valence-electron chi connectivity index (χ3n) is 3.89. The Labute approximate surface area is 118 Å². The number of benzene rings is 1. The van der Waals surface area contributed by atoms with Crippen LogP contribution in [-0.4, -0.2) is 6.04 Å². The van der Waals surface area contributed by atoms with Crippen molar-refractivity contribution in [2.45, 2.75) is 72.3 Å². The average Bonchev–Trinajstić information content (AvgIpc) is 2.30. The molecule has 2 nitrogen and oxygen atoms in total. The largest absolute Gasteiger partial charge is 0.271 e. The van der Waals surface area contributed by atoms with E-state index in [-0.39, 0.29) is 5.41 Å². The van der Waals surface area contributed by atoms with E-state index in [1.807, 2.05) is 0 Å². The van der Waals surface area contributed by atoms with Crippen molar-refractivity contribution in [3.63, 3.8) is 0 Å². The Bertz CT molecular complexity index is 393. The van der Waals surface area contributed by atoms with Gasteiger partial charge in [0.1, 0.15) is 0 Å². The first-order chi connectivity index (χ1) is 8.79. The standard InChI is InChI=1S/C17H30N2/c1-7-8-15(19-18)11-16-12(2)9-14(10-13(16)3)17(4,5)6/h9-10,15,19H,7-8,11,18H2,1-6H3. The fourth-order valence-electron chi connectivity index (χ4n) is 2.59. The Morgan fingerprint density at radius 1 is 1.16 bits per heavy atom. The molecule has 0 spiro atoms. The molecule has 19 heavy (non-hydrogen) atoms. The molecule has 3 N–H and O–H groups in total. The zero-order valence-corrected chi connectivity index (χ0v) is 13.4. The zero-order valence-electron chi connectivity index (χ0n) is 13.4. The monoisotopic (exact) mass is 262 g/mol. The Hall–Kier alpha value is -0.860. The molecular formula is C17H30N2. The third kappa shape index (κ3) is 4.32. The van der Waals surface area contributed by atoms with Crippen molar-refractivity contribution in [3.8, 4) is 0 Å². The summed E-state index contributed by atoms with van der Waals surface area (Å²) >= 11 is 0. The summed E-state index contributed by atoms with van der Waals surface area (Å²) in [4.78, 5) is 0. The van der Waals surface area contributed by atoms with E-state index in [2.05, 4.69) is 59.1 Å².